The van der Waals surface area contributed by atoms with Gasteiger partial charge in [-0.05, 0) is 18.9 Å². The Labute approximate surface area is 148 Å². The first kappa shape index (κ1) is 19.7. The summed E-state index contributed by atoms with van der Waals surface area (Å²) < 4.78 is 17.7. The molecule has 1 saturated carbocycles. The molecule has 0 aliphatic heterocycles. The standard InChI is InChI=1S/C15H27N4O3PS/c1-19(15-7-9-17-14(18-15)8-12-24-16)10-11-22-23(20,21)13-5-3-2-4-6-13/h7,9,13H,2-6,8,10-12,16H2,1H3,(H,20,21). The molecule has 0 saturated heterocycles. The molecular formula is C15H27N4O3PS. The molecular weight excluding hydrogens is 347 g/mol. The highest BCUT2D eigenvalue weighted by molar-refractivity contribution is 7.97. The van der Waals surface area contributed by atoms with Crippen LogP contribution in [0.2, 0.25) is 0 Å². The Bertz CT molecular complexity index is 557. The number of aromatic nitrogens is 2. The van der Waals surface area contributed by atoms with Crippen molar-refractivity contribution in [3.05, 3.63) is 18.1 Å². The van der Waals surface area contributed by atoms with Crippen molar-refractivity contribution in [1.82, 2.24) is 9.97 Å². The van der Waals surface area contributed by atoms with Gasteiger partial charge in [0.05, 0.1) is 12.3 Å². The van der Waals surface area contributed by atoms with E-state index in [1.54, 1.807) is 6.20 Å². The number of nitrogens with two attached hydrogens (primary N) is 1. The minimum atomic E-state index is -3.52. The van der Waals surface area contributed by atoms with Gasteiger partial charge in [-0.15, -0.1) is 0 Å². The van der Waals surface area contributed by atoms with E-state index < -0.39 is 7.60 Å². The van der Waals surface area contributed by atoms with E-state index in [0.717, 1.165) is 49.5 Å². The summed E-state index contributed by atoms with van der Waals surface area (Å²) in [5.41, 5.74) is -0.198. The Morgan fingerprint density at radius 2 is 2.21 bits per heavy atom. The zero-order valence-corrected chi connectivity index (χ0v) is 15.8. The van der Waals surface area contributed by atoms with Gasteiger partial charge in [0.2, 0.25) is 0 Å². The number of nitrogens with zero attached hydrogens (tertiary/aromatic N) is 3. The molecule has 1 aliphatic rings. The quantitative estimate of drug-likeness (QED) is 0.502. The zero-order valence-electron chi connectivity index (χ0n) is 14.1. The molecule has 0 aromatic carbocycles. The van der Waals surface area contributed by atoms with E-state index in [2.05, 4.69) is 9.97 Å². The van der Waals surface area contributed by atoms with Crippen LogP contribution in [0.25, 0.3) is 0 Å². The van der Waals surface area contributed by atoms with Gasteiger partial charge in [0.25, 0.3) is 0 Å². The fourth-order valence-electron chi connectivity index (χ4n) is 2.81. The van der Waals surface area contributed by atoms with E-state index in [1.807, 2.05) is 18.0 Å². The fourth-order valence-corrected chi connectivity index (χ4v) is 4.68. The van der Waals surface area contributed by atoms with E-state index in [4.69, 9.17) is 9.66 Å². The molecule has 1 aromatic rings. The fraction of sp³-hybridized carbons (Fsp3) is 0.733. The van der Waals surface area contributed by atoms with Crippen molar-refractivity contribution in [3.8, 4) is 0 Å². The van der Waals surface area contributed by atoms with Crippen LogP contribution in [0.5, 0.6) is 0 Å². The largest absolute Gasteiger partial charge is 0.357 e. The topological polar surface area (TPSA) is 102 Å². The molecule has 7 nitrogen and oxygen atoms in total. The van der Waals surface area contributed by atoms with Crippen LogP contribution >= 0.6 is 19.5 Å². The zero-order chi connectivity index (χ0) is 17.4. The normalized spacial score (nSPS) is 18.3. The molecule has 0 bridgehead atoms. The van der Waals surface area contributed by atoms with E-state index >= 15 is 0 Å². The number of hydrogen-bond donors (Lipinski definition) is 2. The summed E-state index contributed by atoms with van der Waals surface area (Å²) in [6.07, 6.45) is 7.20. The van der Waals surface area contributed by atoms with Crippen molar-refractivity contribution in [2.75, 3.05) is 30.9 Å². The van der Waals surface area contributed by atoms with E-state index in [0.29, 0.717) is 13.0 Å². The third-order valence-corrected chi connectivity index (χ3v) is 6.70. The molecule has 2 rings (SSSR count). The monoisotopic (exact) mass is 374 g/mol. The maximum Gasteiger partial charge on any atom is 0.331 e. The van der Waals surface area contributed by atoms with Crippen LogP contribution in [-0.2, 0) is 15.5 Å². The molecule has 3 N–H and O–H groups in total. The molecule has 24 heavy (non-hydrogen) atoms. The highest BCUT2D eigenvalue weighted by atomic mass is 32.2. The summed E-state index contributed by atoms with van der Waals surface area (Å²) >= 11 is 1.27. The molecule has 0 amide bonds. The molecule has 1 aliphatic carbocycles. The number of likely N-dealkylation sites (N-methyl/N-ethyl adjacent to an activating group) is 1. The predicted molar refractivity (Wildman–Crippen MR) is 98.3 cm³/mol. The van der Waals surface area contributed by atoms with Crippen LogP contribution in [0.15, 0.2) is 12.3 Å². The third-order valence-electron chi connectivity index (χ3n) is 4.26. The lowest BCUT2D eigenvalue weighted by atomic mass is 10.0. The van der Waals surface area contributed by atoms with Crippen LogP contribution < -0.4 is 10.0 Å². The molecule has 0 radical (unpaired) electrons. The lowest BCUT2D eigenvalue weighted by Crippen LogP contribution is -2.25. The van der Waals surface area contributed by atoms with Crippen molar-refractivity contribution in [2.24, 2.45) is 5.14 Å². The minimum Gasteiger partial charge on any atom is -0.357 e. The van der Waals surface area contributed by atoms with Crippen molar-refractivity contribution < 1.29 is 14.0 Å². The average molecular weight is 374 g/mol. The Hall–Kier alpha value is -0.660. The number of hydrogen-bond acceptors (Lipinski definition) is 7. The lowest BCUT2D eigenvalue weighted by Gasteiger charge is -2.26. The van der Waals surface area contributed by atoms with Crippen molar-refractivity contribution in [2.45, 2.75) is 44.2 Å². The first-order valence-corrected chi connectivity index (χ1v) is 11.0. The van der Waals surface area contributed by atoms with E-state index in [1.165, 1.54) is 11.9 Å². The summed E-state index contributed by atoms with van der Waals surface area (Å²) in [7, 11) is -1.63. The summed E-state index contributed by atoms with van der Waals surface area (Å²) in [5.74, 6) is 2.29. The highest BCUT2D eigenvalue weighted by Crippen LogP contribution is 2.52. The molecule has 1 fully saturated rings. The van der Waals surface area contributed by atoms with Gasteiger partial charge in [-0.3, -0.25) is 9.70 Å². The van der Waals surface area contributed by atoms with Gasteiger partial charge in [-0.2, -0.15) is 0 Å². The van der Waals surface area contributed by atoms with Crippen LogP contribution in [0.3, 0.4) is 0 Å². The third kappa shape index (κ3) is 6.01. The first-order valence-electron chi connectivity index (χ1n) is 8.34. The number of rotatable bonds is 9. The summed E-state index contributed by atoms with van der Waals surface area (Å²) in [4.78, 5) is 20.7. The SMILES string of the molecule is CN(CCOP(=O)(O)C1CCCCC1)c1ccnc(CCSN)n1. The predicted octanol–water partition coefficient (Wildman–Crippen LogP) is 2.60. The maximum absolute atomic E-state index is 12.3. The van der Waals surface area contributed by atoms with Gasteiger partial charge in [0, 0.05) is 32.0 Å². The molecule has 1 atom stereocenters. The Morgan fingerprint density at radius 3 is 2.92 bits per heavy atom. The second-order valence-corrected chi connectivity index (χ2v) is 8.92. The Kier molecular flexibility index (Phi) is 7.97. The second kappa shape index (κ2) is 9.73. The number of aryl methyl sites for hydroxylation is 1. The maximum atomic E-state index is 12.3. The van der Waals surface area contributed by atoms with Gasteiger partial charge in [-0.1, -0.05) is 31.2 Å². The van der Waals surface area contributed by atoms with Crippen LogP contribution in [0.1, 0.15) is 37.9 Å². The first-order chi connectivity index (χ1) is 11.5. The van der Waals surface area contributed by atoms with Crippen LogP contribution in [-0.4, -0.2) is 46.5 Å². The lowest BCUT2D eigenvalue weighted by molar-refractivity contribution is 0.248. The Morgan fingerprint density at radius 1 is 1.46 bits per heavy atom. The van der Waals surface area contributed by atoms with Crippen LogP contribution in [0.4, 0.5) is 5.82 Å². The van der Waals surface area contributed by atoms with Gasteiger partial charge in [-0.25, -0.2) is 9.97 Å². The molecule has 0 spiro atoms. The smallest absolute Gasteiger partial charge is 0.331 e. The van der Waals surface area contributed by atoms with E-state index in [-0.39, 0.29) is 12.3 Å². The minimum absolute atomic E-state index is 0.198. The summed E-state index contributed by atoms with van der Waals surface area (Å²) in [5, 5.41) is 5.43. The Balaban J connectivity index is 1.82. The molecule has 9 heteroatoms. The number of anilines is 1. The van der Waals surface area contributed by atoms with Gasteiger partial charge in [0.15, 0.2) is 0 Å². The van der Waals surface area contributed by atoms with Gasteiger partial charge in [0.1, 0.15) is 11.6 Å². The summed E-state index contributed by atoms with van der Waals surface area (Å²) in [6, 6.07) is 1.82. The van der Waals surface area contributed by atoms with E-state index in [9.17, 15) is 9.46 Å². The average Bonchev–Trinajstić information content (AvgIpc) is 2.60. The molecule has 1 unspecified atom stereocenters. The van der Waals surface area contributed by atoms with Crippen molar-refractivity contribution >= 4 is 25.4 Å². The van der Waals surface area contributed by atoms with Crippen LogP contribution in [0, 0.1) is 0 Å². The van der Waals surface area contributed by atoms with Crippen molar-refractivity contribution in [1.29, 1.82) is 0 Å². The van der Waals surface area contributed by atoms with Gasteiger partial charge < -0.3 is 14.3 Å². The summed E-state index contributed by atoms with van der Waals surface area (Å²) in [6.45, 7) is 0.706. The molecule has 1 aromatic heterocycles. The van der Waals surface area contributed by atoms with Crippen molar-refractivity contribution in [3.63, 3.8) is 0 Å². The molecule has 1 heterocycles. The second-order valence-electron chi connectivity index (χ2n) is 6.06. The molecule has 136 valence electrons. The highest BCUT2D eigenvalue weighted by Gasteiger charge is 2.33. The van der Waals surface area contributed by atoms with Gasteiger partial charge >= 0.3 is 7.60 Å².